The Kier molecular flexibility index (Phi) is 4.41. The third kappa shape index (κ3) is 2.85. The summed E-state index contributed by atoms with van der Waals surface area (Å²) in [5.74, 6) is 1.68. The number of rotatable bonds is 4. The predicted octanol–water partition coefficient (Wildman–Crippen LogP) is 2.87. The Balaban J connectivity index is 1.77. The van der Waals surface area contributed by atoms with Crippen LogP contribution in [-0.2, 0) is 4.79 Å². The molecular formula is C17H24N4O. The molecule has 1 saturated heterocycles. The van der Waals surface area contributed by atoms with Gasteiger partial charge in [0.1, 0.15) is 5.82 Å². The minimum atomic E-state index is 0.124. The van der Waals surface area contributed by atoms with Gasteiger partial charge in [-0.1, -0.05) is 26.3 Å². The molecule has 0 N–H and O–H groups in total. The summed E-state index contributed by atoms with van der Waals surface area (Å²) in [7, 11) is 0. The molecule has 2 aromatic rings. The maximum absolute atomic E-state index is 12.5. The van der Waals surface area contributed by atoms with Crippen LogP contribution in [0.1, 0.15) is 51.3 Å². The van der Waals surface area contributed by atoms with E-state index in [1.54, 1.807) is 0 Å². The average molecular weight is 300 g/mol. The Morgan fingerprint density at radius 3 is 3.09 bits per heavy atom. The molecule has 3 rings (SSSR count). The number of carbonyl (C=O) groups excluding carboxylic acids is 1. The zero-order valence-electron chi connectivity index (χ0n) is 13.4. The second-order valence-corrected chi connectivity index (χ2v) is 6.30. The summed E-state index contributed by atoms with van der Waals surface area (Å²) in [4.78, 5) is 14.6. The maximum Gasteiger partial charge on any atom is 0.225 e. The Morgan fingerprint density at radius 2 is 2.27 bits per heavy atom. The van der Waals surface area contributed by atoms with Crippen molar-refractivity contribution in [2.24, 2.45) is 5.92 Å². The Labute approximate surface area is 131 Å². The number of fused-ring (bicyclic) bond motifs is 1. The highest BCUT2D eigenvalue weighted by Gasteiger charge is 2.29. The monoisotopic (exact) mass is 300 g/mol. The second kappa shape index (κ2) is 6.46. The van der Waals surface area contributed by atoms with Gasteiger partial charge < -0.3 is 4.90 Å². The van der Waals surface area contributed by atoms with Gasteiger partial charge in [-0.2, -0.15) is 0 Å². The lowest BCUT2D eigenvalue weighted by molar-refractivity contribution is -0.136. The molecule has 3 heterocycles. The molecule has 118 valence electrons. The quantitative estimate of drug-likeness (QED) is 0.872. The Morgan fingerprint density at radius 1 is 1.41 bits per heavy atom. The summed E-state index contributed by atoms with van der Waals surface area (Å²) in [6.07, 6.45) is 6.14. The number of likely N-dealkylation sites (tertiary alicyclic amines) is 1. The van der Waals surface area contributed by atoms with Crippen LogP contribution in [0.15, 0.2) is 24.4 Å². The molecule has 0 aromatic carbocycles. The highest BCUT2D eigenvalue weighted by atomic mass is 16.2. The first-order chi connectivity index (χ1) is 10.7. The summed E-state index contributed by atoms with van der Waals surface area (Å²) in [6, 6.07) is 5.93. The molecule has 0 radical (unpaired) electrons. The van der Waals surface area contributed by atoms with Crippen LogP contribution in [0.3, 0.4) is 0 Å². The van der Waals surface area contributed by atoms with Crippen molar-refractivity contribution in [2.75, 3.05) is 13.1 Å². The lowest BCUT2D eigenvalue weighted by Crippen LogP contribution is -2.42. The Hall–Kier alpha value is -1.91. The van der Waals surface area contributed by atoms with Crippen LogP contribution < -0.4 is 0 Å². The van der Waals surface area contributed by atoms with E-state index < -0.39 is 0 Å². The Bertz CT molecular complexity index is 651. The standard InChI is InChI=1S/C17H24N4O/c1-3-7-13(2)17(22)20-10-6-8-14(12-20)16-19-18-15-9-4-5-11-21(15)16/h4-5,9,11,13-14H,3,6-8,10,12H2,1-2H3. The van der Waals surface area contributed by atoms with E-state index in [0.29, 0.717) is 5.91 Å². The van der Waals surface area contributed by atoms with Gasteiger partial charge in [-0.25, -0.2) is 0 Å². The van der Waals surface area contributed by atoms with Crippen molar-refractivity contribution in [1.29, 1.82) is 0 Å². The number of carbonyl (C=O) groups is 1. The molecule has 22 heavy (non-hydrogen) atoms. The fraction of sp³-hybridized carbons (Fsp3) is 0.588. The normalized spacial score (nSPS) is 20.3. The molecule has 1 aliphatic rings. The van der Waals surface area contributed by atoms with Crippen LogP contribution in [0.2, 0.25) is 0 Å². The van der Waals surface area contributed by atoms with Crippen molar-refractivity contribution in [1.82, 2.24) is 19.5 Å². The molecule has 1 aliphatic heterocycles. The highest BCUT2D eigenvalue weighted by Crippen LogP contribution is 2.27. The summed E-state index contributed by atoms with van der Waals surface area (Å²) in [6.45, 7) is 5.82. The number of aromatic nitrogens is 3. The zero-order chi connectivity index (χ0) is 15.5. The van der Waals surface area contributed by atoms with Gasteiger partial charge in [-0.05, 0) is 31.4 Å². The van der Waals surface area contributed by atoms with E-state index in [-0.39, 0.29) is 11.8 Å². The van der Waals surface area contributed by atoms with Crippen molar-refractivity contribution in [3.63, 3.8) is 0 Å². The number of hydrogen-bond donors (Lipinski definition) is 0. The van der Waals surface area contributed by atoms with Crippen LogP contribution in [0.5, 0.6) is 0 Å². The van der Waals surface area contributed by atoms with Crippen LogP contribution in [0.25, 0.3) is 5.65 Å². The van der Waals surface area contributed by atoms with E-state index in [2.05, 4.69) is 17.1 Å². The molecular weight excluding hydrogens is 276 g/mol. The highest BCUT2D eigenvalue weighted by molar-refractivity contribution is 5.78. The molecule has 2 aromatic heterocycles. The van der Waals surface area contributed by atoms with Gasteiger partial charge >= 0.3 is 0 Å². The van der Waals surface area contributed by atoms with Crippen LogP contribution in [-0.4, -0.2) is 38.5 Å². The van der Waals surface area contributed by atoms with Gasteiger partial charge in [-0.15, -0.1) is 10.2 Å². The summed E-state index contributed by atoms with van der Waals surface area (Å²) in [5.41, 5.74) is 0.875. The summed E-state index contributed by atoms with van der Waals surface area (Å²) in [5, 5.41) is 8.61. The summed E-state index contributed by atoms with van der Waals surface area (Å²) >= 11 is 0. The lowest BCUT2D eigenvalue weighted by atomic mass is 9.95. The van der Waals surface area contributed by atoms with E-state index in [1.807, 2.05) is 40.6 Å². The molecule has 1 amide bonds. The SMILES string of the molecule is CCCC(C)C(=O)N1CCCC(c2nnc3ccccn23)C1. The van der Waals surface area contributed by atoms with Crippen LogP contribution >= 0.6 is 0 Å². The molecule has 0 saturated carbocycles. The second-order valence-electron chi connectivity index (χ2n) is 6.30. The van der Waals surface area contributed by atoms with E-state index in [1.165, 1.54) is 0 Å². The third-order valence-corrected chi connectivity index (χ3v) is 4.58. The topological polar surface area (TPSA) is 50.5 Å². The summed E-state index contributed by atoms with van der Waals surface area (Å²) < 4.78 is 2.05. The molecule has 0 aliphatic carbocycles. The van der Waals surface area contributed by atoms with Gasteiger partial charge in [0.05, 0.1) is 0 Å². The number of amides is 1. The van der Waals surface area contributed by atoms with E-state index in [0.717, 1.165) is 50.2 Å². The fourth-order valence-electron chi connectivity index (χ4n) is 3.39. The van der Waals surface area contributed by atoms with E-state index >= 15 is 0 Å². The van der Waals surface area contributed by atoms with Crippen molar-refractivity contribution >= 4 is 11.6 Å². The first-order valence-corrected chi connectivity index (χ1v) is 8.29. The first-order valence-electron chi connectivity index (χ1n) is 8.29. The minimum Gasteiger partial charge on any atom is -0.342 e. The lowest BCUT2D eigenvalue weighted by Gasteiger charge is -2.33. The maximum atomic E-state index is 12.5. The first kappa shape index (κ1) is 15.0. The predicted molar refractivity (Wildman–Crippen MR) is 85.6 cm³/mol. The molecule has 0 spiro atoms. The van der Waals surface area contributed by atoms with Crippen molar-refractivity contribution in [2.45, 2.75) is 45.4 Å². The van der Waals surface area contributed by atoms with E-state index in [9.17, 15) is 4.79 Å². The molecule has 0 bridgehead atoms. The van der Waals surface area contributed by atoms with Crippen molar-refractivity contribution < 1.29 is 4.79 Å². The largest absolute Gasteiger partial charge is 0.342 e. The van der Waals surface area contributed by atoms with Gasteiger partial charge in [-0.3, -0.25) is 9.20 Å². The minimum absolute atomic E-state index is 0.124. The number of piperidine rings is 1. The molecule has 1 fully saturated rings. The van der Waals surface area contributed by atoms with Crippen molar-refractivity contribution in [3.8, 4) is 0 Å². The molecule has 5 nitrogen and oxygen atoms in total. The van der Waals surface area contributed by atoms with Gasteiger partial charge in [0.25, 0.3) is 0 Å². The zero-order valence-corrected chi connectivity index (χ0v) is 13.4. The molecule has 2 unspecified atom stereocenters. The van der Waals surface area contributed by atoms with Gasteiger partial charge in [0, 0.05) is 31.1 Å². The van der Waals surface area contributed by atoms with Crippen LogP contribution in [0.4, 0.5) is 0 Å². The van der Waals surface area contributed by atoms with Gasteiger partial charge in [0.15, 0.2) is 5.65 Å². The number of hydrogen-bond acceptors (Lipinski definition) is 3. The molecule has 5 heteroatoms. The fourth-order valence-corrected chi connectivity index (χ4v) is 3.39. The van der Waals surface area contributed by atoms with Gasteiger partial charge in [0.2, 0.25) is 5.91 Å². The van der Waals surface area contributed by atoms with E-state index in [4.69, 9.17) is 0 Å². The smallest absolute Gasteiger partial charge is 0.225 e. The number of nitrogens with zero attached hydrogens (tertiary/aromatic N) is 4. The average Bonchev–Trinajstić information content (AvgIpc) is 2.98. The molecule has 2 atom stereocenters. The number of pyridine rings is 1. The van der Waals surface area contributed by atoms with Crippen LogP contribution in [0, 0.1) is 5.92 Å². The van der Waals surface area contributed by atoms with Crippen molar-refractivity contribution in [3.05, 3.63) is 30.2 Å². The third-order valence-electron chi connectivity index (χ3n) is 4.58.